The maximum absolute atomic E-state index is 13.5. The van der Waals surface area contributed by atoms with Crippen molar-refractivity contribution in [3.05, 3.63) is 41.1 Å². The van der Waals surface area contributed by atoms with Crippen LogP contribution in [-0.4, -0.2) is 27.7 Å². The molecule has 0 amide bonds. The van der Waals surface area contributed by atoms with E-state index in [0.29, 0.717) is 36.2 Å². The van der Waals surface area contributed by atoms with Crippen LogP contribution in [0.25, 0.3) is 0 Å². The molecule has 3 aliphatic rings. The van der Waals surface area contributed by atoms with Gasteiger partial charge in [0.15, 0.2) is 5.78 Å². The first-order valence-corrected chi connectivity index (χ1v) is 18.0. The van der Waals surface area contributed by atoms with Gasteiger partial charge in [0.05, 0.1) is 21.6 Å². The molecular formula is C25H36O2Si2. The molecule has 2 fully saturated rings. The van der Waals surface area contributed by atoms with Crippen molar-refractivity contribution in [2.24, 2.45) is 23.2 Å². The van der Waals surface area contributed by atoms with Gasteiger partial charge in [-0.2, -0.15) is 0 Å². The third-order valence-corrected chi connectivity index (χ3v) is 13.6. The molecule has 2 saturated carbocycles. The third kappa shape index (κ3) is 3.27. The number of benzene rings is 1. The zero-order valence-corrected chi connectivity index (χ0v) is 21.0. The van der Waals surface area contributed by atoms with Crippen LogP contribution in [-0.2, 0) is 9.59 Å². The third-order valence-electron chi connectivity index (χ3n) is 7.94. The summed E-state index contributed by atoms with van der Waals surface area (Å²) in [5.41, 5.74) is 0.604. The van der Waals surface area contributed by atoms with Crippen molar-refractivity contribution in [3.8, 4) is 0 Å². The predicted molar refractivity (Wildman–Crippen MR) is 126 cm³/mol. The number of allylic oxidation sites excluding steroid dienone is 2. The minimum absolute atomic E-state index is 0.263. The molecule has 1 aromatic rings. The van der Waals surface area contributed by atoms with Gasteiger partial charge in [-0.1, -0.05) is 80.4 Å². The second-order valence-electron chi connectivity index (χ2n) is 11.7. The van der Waals surface area contributed by atoms with Crippen molar-refractivity contribution in [2.75, 3.05) is 0 Å². The Morgan fingerprint density at radius 2 is 1.66 bits per heavy atom. The molecule has 4 atom stereocenters. The standard InChI is InChI=1S/C25H36O2Si2/c1-17-12-19-14-21(26)23-24(28(2,3)4)18(15-25(19,23)22(27)13-17)16-29(5,6)20-10-8-7-9-11-20/h7-11,17-19H,12-16H2,1-6H3/t17-,18?,19+,25-/m1/s1. The van der Waals surface area contributed by atoms with Gasteiger partial charge in [0.2, 0.25) is 0 Å². The van der Waals surface area contributed by atoms with Crippen LogP contribution in [0, 0.1) is 23.2 Å². The molecule has 4 heteroatoms. The van der Waals surface area contributed by atoms with Crippen LogP contribution < -0.4 is 5.19 Å². The van der Waals surface area contributed by atoms with Gasteiger partial charge < -0.3 is 0 Å². The van der Waals surface area contributed by atoms with E-state index in [2.05, 4.69) is 70.0 Å². The summed E-state index contributed by atoms with van der Waals surface area (Å²) in [6.07, 6.45) is 3.25. The molecule has 0 aliphatic heterocycles. The molecule has 3 aliphatic carbocycles. The van der Waals surface area contributed by atoms with E-state index < -0.39 is 21.6 Å². The maximum Gasteiger partial charge on any atom is 0.159 e. The number of ketones is 2. The van der Waals surface area contributed by atoms with E-state index in [4.69, 9.17) is 0 Å². The zero-order valence-electron chi connectivity index (χ0n) is 19.0. The lowest BCUT2D eigenvalue weighted by Crippen LogP contribution is -2.45. The quantitative estimate of drug-likeness (QED) is 0.609. The highest BCUT2D eigenvalue weighted by atomic mass is 28.3. The molecule has 1 aromatic carbocycles. The molecule has 2 nitrogen and oxygen atoms in total. The van der Waals surface area contributed by atoms with Crippen LogP contribution >= 0.6 is 0 Å². The lowest BCUT2D eigenvalue weighted by atomic mass is 9.62. The Balaban J connectivity index is 1.80. The first-order valence-electron chi connectivity index (χ1n) is 11.3. The number of hydrogen-bond donors (Lipinski definition) is 0. The molecule has 0 aromatic heterocycles. The summed E-state index contributed by atoms with van der Waals surface area (Å²) >= 11 is 0. The fourth-order valence-corrected chi connectivity index (χ4v) is 12.6. The van der Waals surface area contributed by atoms with Crippen LogP contribution in [0.5, 0.6) is 0 Å². The molecule has 0 saturated heterocycles. The fourth-order valence-electron chi connectivity index (χ4n) is 6.92. The summed E-state index contributed by atoms with van der Waals surface area (Å²) in [7, 11) is -3.38. The molecule has 156 valence electrons. The second kappa shape index (κ2) is 6.88. The molecule has 29 heavy (non-hydrogen) atoms. The van der Waals surface area contributed by atoms with Crippen LogP contribution in [0.4, 0.5) is 0 Å². The molecule has 0 N–H and O–H groups in total. The van der Waals surface area contributed by atoms with Gasteiger partial charge in [-0.25, -0.2) is 0 Å². The minimum atomic E-state index is -1.71. The molecule has 0 bridgehead atoms. The van der Waals surface area contributed by atoms with Crippen molar-refractivity contribution in [2.45, 2.75) is 71.4 Å². The van der Waals surface area contributed by atoms with Crippen molar-refractivity contribution < 1.29 is 9.59 Å². The van der Waals surface area contributed by atoms with Gasteiger partial charge in [-0.3, -0.25) is 9.59 Å². The Bertz CT molecular complexity index is 878. The molecule has 0 radical (unpaired) electrons. The van der Waals surface area contributed by atoms with E-state index in [1.165, 1.54) is 10.4 Å². The highest BCUT2D eigenvalue weighted by Crippen LogP contribution is 2.64. The number of hydrogen-bond acceptors (Lipinski definition) is 2. The SMILES string of the molecule is C[C@H]1CC(=O)[C@]23CC(C[Si](C)(C)c4ccccc4)C([Si](C)(C)C)=C2C(=O)C[C@@H]3C1. The van der Waals surface area contributed by atoms with Gasteiger partial charge in [0.25, 0.3) is 0 Å². The van der Waals surface area contributed by atoms with E-state index >= 15 is 0 Å². The number of carbonyl (C=O) groups is 2. The predicted octanol–water partition coefficient (Wildman–Crippen LogP) is 5.37. The second-order valence-corrected chi connectivity index (χ2v) is 21.4. The smallest absolute Gasteiger partial charge is 0.159 e. The summed E-state index contributed by atoms with van der Waals surface area (Å²) in [6, 6.07) is 12.1. The van der Waals surface area contributed by atoms with Crippen molar-refractivity contribution in [3.63, 3.8) is 0 Å². The van der Waals surface area contributed by atoms with Gasteiger partial charge in [-0.15, -0.1) is 0 Å². The fraction of sp³-hybridized carbons (Fsp3) is 0.600. The molecule has 1 spiro atoms. The zero-order chi connectivity index (χ0) is 21.2. The van der Waals surface area contributed by atoms with Crippen molar-refractivity contribution in [1.82, 2.24) is 0 Å². The first-order chi connectivity index (χ1) is 13.5. The Hall–Kier alpha value is -1.27. The molecular weight excluding hydrogens is 388 g/mol. The molecule has 1 unspecified atom stereocenters. The molecule has 0 heterocycles. The van der Waals surface area contributed by atoms with Gasteiger partial charge in [0.1, 0.15) is 5.78 Å². The Morgan fingerprint density at radius 1 is 1.00 bits per heavy atom. The van der Waals surface area contributed by atoms with Gasteiger partial charge in [0, 0.05) is 18.4 Å². The highest BCUT2D eigenvalue weighted by Gasteiger charge is 2.64. The van der Waals surface area contributed by atoms with Gasteiger partial charge in [-0.05, 0) is 36.6 Å². The van der Waals surface area contributed by atoms with E-state index in [1.807, 2.05) is 0 Å². The minimum Gasteiger partial charge on any atom is -0.299 e. The lowest BCUT2D eigenvalue weighted by molar-refractivity contribution is -0.133. The Morgan fingerprint density at radius 3 is 2.28 bits per heavy atom. The Labute approximate surface area is 178 Å². The Kier molecular flexibility index (Phi) is 4.98. The topological polar surface area (TPSA) is 34.1 Å². The number of rotatable bonds is 4. The summed E-state index contributed by atoms with van der Waals surface area (Å²) in [5, 5.41) is 2.95. The summed E-state index contributed by atoms with van der Waals surface area (Å²) in [4.78, 5) is 26.9. The molecule has 4 rings (SSSR count). The van der Waals surface area contributed by atoms with Gasteiger partial charge >= 0.3 is 0 Å². The van der Waals surface area contributed by atoms with Crippen molar-refractivity contribution >= 4 is 32.9 Å². The average molecular weight is 425 g/mol. The summed E-state index contributed by atoms with van der Waals surface area (Å²) in [5.74, 6) is 1.81. The van der Waals surface area contributed by atoms with Crippen LogP contribution in [0.1, 0.15) is 32.6 Å². The van der Waals surface area contributed by atoms with Crippen LogP contribution in [0.2, 0.25) is 38.8 Å². The monoisotopic (exact) mass is 424 g/mol. The normalized spacial score (nSPS) is 32.6. The van der Waals surface area contributed by atoms with Crippen LogP contribution in [0.15, 0.2) is 41.1 Å². The van der Waals surface area contributed by atoms with Crippen molar-refractivity contribution in [1.29, 1.82) is 0 Å². The summed E-state index contributed by atoms with van der Waals surface area (Å²) < 4.78 is 0. The van der Waals surface area contributed by atoms with E-state index in [-0.39, 0.29) is 5.92 Å². The lowest BCUT2D eigenvalue weighted by Gasteiger charge is -2.39. The number of carbonyl (C=O) groups excluding carboxylic acids is 2. The highest BCUT2D eigenvalue weighted by molar-refractivity contribution is 6.90. The average Bonchev–Trinajstić information content (AvgIpc) is 3.08. The first kappa shape index (κ1) is 21.0. The maximum atomic E-state index is 13.5. The van der Waals surface area contributed by atoms with E-state index in [9.17, 15) is 9.59 Å². The summed E-state index contributed by atoms with van der Waals surface area (Å²) in [6.45, 7) is 14.3. The van der Waals surface area contributed by atoms with E-state index in [0.717, 1.165) is 24.5 Å². The van der Waals surface area contributed by atoms with Crippen LogP contribution in [0.3, 0.4) is 0 Å². The van der Waals surface area contributed by atoms with E-state index in [1.54, 1.807) is 0 Å². The number of Topliss-reactive ketones (excluding diaryl/α,β-unsaturated/α-hetero) is 2. The largest absolute Gasteiger partial charge is 0.299 e.